The molecular weight excluding hydrogens is 468 g/mol. The van der Waals surface area contributed by atoms with E-state index in [1.54, 1.807) is 13.0 Å². The average molecular weight is 511 g/mol. The van der Waals surface area contributed by atoms with Gasteiger partial charge in [-0.15, -0.1) is 0 Å². The second-order valence-corrected chi connectivity index (χ2v) is 13.3. The number of rotatable bonds is 3. The zero-order chi connectivity index (χ0) is 26.8. The molecule has 2 aromatic rings. The molecule has 2 aromatic heterocycles. The van der Waals surface area contributed by atoms with Crippen LogP contribution in [0.5, 0.6) is 0 Å². The maximum atomic E-state index is 13.8. The minimum absolute atomic E-state index is 0.0831. The molecule has 0 spiro atoms. The van der Waals surface area contributed by atoms with Crippen molar-refractivity contribution >= 4 is 28.7 Å². The quantitative estimate of drug-likeness (QED) is 0.661. The van der Waals surface area contributed by atoms with Crippen molar-refractivity contribution in [3.63, 3.8) is 0 Å². The fraction of sp³-hybridized carbons (Fsp3) is 0.690. The van der Waals surface area contributed by atoms with E-state index in [2.05, 4.69) is 31.7 Å². The molecule has 3 fully saturated rings. The number of piperidine rings is 1. The van der Waals surface area contributed by atoms with Gasteiger partial charge >= 0.3 is 0 Å². The molecule has 8 heteroatoms. The predicted molar refractivity (Wildman–Crippen MR) is 144 cm³/mol. The largest absolute Gasteiger partial charge is 0.449 e. The van der Waals surface area contributed by atoms with Gasteiger partial charge in [0.05, 0.1) is 11.1 Å². The number of piperazine rings is 1. The van der Waals surface area contributed by atoms with Crippen molar-refractivity contribution in [1.82, 2.24) is 14.8 Å². The Morgan fingerprint density at radius 1 is 1.03 bits per heavy atom. The van der Waals surface area contributed by atoms with Crippen LogP contribution >= 0.6 is 0 Å². The van der Waals surface area contributed by atoms with Gasteiger partial charge in [0.2, 0.25) is 5.91 Å². The number of aliphatic hydroxyl groups is 1. The smallest absolute Gasteiger partial charge is 0.290 e. The number of hydrogen-bond acceptors (Lipinski definition) is 6. The lowest BCUT2D eigenvalue weighted by molar-refractivity contribution is -0.153. The number of hydrogen-bond donors (Lipinski definition) is 1. The Labute approximate surface area is 220 Å². The maximum Gasteiger partial charge on any atom is 0.290 e. The van der Waals surface area contributed by atoms with Crippen LogP contribution in [-0.4, -0.2) is 75.6 Å². The molecule has 0 radical (unpaired) electrons. The zero-order valence-corrected chi connectivity index (χ0v) is 23.3. The summed E-state index contributed by atoms with van der Waals surface area (Å²) < 4.78 is 6.26. The first kappa shape index (κ1) is 26.0. The van der Waals surface area contributed by atoms with Gasteiger partial charge in [-0.3, -0.25) is 9.59 Å². The van der Waals surface area contributed by atoms with Crippen LogP contribution in [0.1, 0.15) is 89.8 Å². The number of nitrogens with zero attached hydrogens (tertiary/aromatic N) is 4. The summed E-state index contributed by atoms with van der Waals surface area (Å²) in [5, 5.41) is 10.1. The molecule has 1 N–H and O–H groups in total. The molecule has 2 amide bonds. The molecule has 2 saturated heterocycles. The highest BCUT2D eigenvalue weighted by Crippen LogP contribution is 2.40. The summed E-state index contributed by atoms with van der Waals surface area (Å²) in [5.41, 5.74) is 1.02. The molecule has 4 heterocycles. The standard InChI is InChI=1S/C29H42N4O4/c1-27(2,3)20-14-23(31-10-8-7-9-11-31)30-21-15-22(37-24(20)21)26(35)33-13-12-32(18-28(33,4)5)25(34)19-16-29(6,36)17-19/h14-15,19,36H,7-13,16-18H2,1-6H3. The van der Waals surface area contributed by atoms with E-state index in [4.69, 9.17) is 9.40 Å². The lowest BCUT2D eigenvalue weighted by Gasteiger charge is -2.49. The SMILES string of the molecule is CC1(O)CC(C(=O)N2CCN(C(=O)c3cc4nc(N5CCCCC5)cc(C(C)(C)C)c4o3)C(C)(C)C2)C1. The molecule has 202 valence electrons. The van der Waals surface area contributed by atoms with Gasteiger partial charge in [0.25, 0.3) is 5.91 Å². The van der Waals surface area contributed by atoms with Crippen molar-refractivity contribution in [2.24, 2.45) is 5.92 Å². The summed E-state index contributed by atoms with van der Waals surface area (Å²) in [5.74, 6) is 1.05. The van der Waals surface area contributed by atoms with Gasteiger partial charge in [0.1, 0.15) is 11.3 Å². The third kappa shape index (κ3) is 4.97. The summed E-state index contributed by atoms with van der Waals surface area (Å²) in [7, 11) is 0. The lowest BCUT2D eigenvalue weighted by Crippen LogP contribution is -2.63. The zero-order valence-electron chi connectivity index (χ0n) is 23.3. The minimum Gasteiger partial charge on any atom is -0.449 e. The molecular formula is C29H42N4O4. The van der Waals surface area contributed by atoms with Gasteiger partial charge in [-0.25, -0.2) is 4.98 Å². The van der Waals surface area contributed by atoms with E-state index in [-0.39, 0.29) is 23.1 Å². The summed E-state index contributed by atoms with van der Waals surface area (Å²) in [6.45, 7) is 15.6. The Morgan fingerprint density at radius 2 is 1.70 bits per heavy atom. The lowest BCUT2D eigenvalue weighted by atomic mass is 9.71. The van der Waals surface area contributed by atoms with E-state index < -0.39 is 11.1 Å². The Kier molecular flexibility index (Phi) is 6.33. The van der Waals surface area contributed by atoms with Crippen LogP contribution in [0.25, 0.3) is 11.1 Å². The summed E-state index contributed by atoms with van der Waals surface area (Å²) in [4.78, 5) is 37.7. The molecule has 0 atom stereocenters. The highest BCUT2D eigenvalue weighted by molar-refractivity contribution is 5.97. The number of aromatic nitrogens is 1. The molecule has 2 aliphatic heterocycles. The third-order valence-electron chi connectivity index (χ3n) is 8.34. The predicted octanol–water partition coefficient (Wildman–Crippen LogP) is 4.34. The normalized spacial score (nSPS) is 26.4. The second-order valence-electron chi connectivity index (χ2n) is 13.3. The van der Waals surface area contributed by atoms with Gasteiger partial charge in [0, 0.05) is 50.3 Å². The molecule has 5 rings (SSSR count). The molecule has 0 unspecified atom stereocenters. The van der Waals surface area contributed by atoms with Gasteiger partial charge in [-0.1, -0.05) is 20.8 Å². The van der Waals surface area contributed by atoms with Crippen LogP contribution in [0.3, 0.4) is 0 Å². The van der Waals surface area contributed by atoms with Crippen LogP contribution in [-0.2, 0) is 10.2 Å². The number of furan rings is 1. The Morgan fingerprint density at radius 3 is 2.30 bits per heavy atom. The van der Waals surface area contributed by atoms with Crippen molar-refractivity contribution in [2.75, 3.05) is 37.6 Å². The Hall–Kier alpha value is -2.61. The number of anilines is 1. The van der Waals surface area contributed by atoms with Crippen LogP contribution in [0, 0.1) is 5.92 Å². The van der Waals surface area contributed by atoms with Gasteiger partial charge in [0.15, 0.2) is 11.3 Å². The first-order valence-electron chi connectivity index (χ1n) is 13.8. The van der Waals surface area contributed by atoms with Crippen molar-refractivity contribution in [2.45, 2.75) is 90.2 Å². The number of carbonyl (C=O) groups is 2. The first-order valence-corrected chi connectivity index (χ1v) is 13.8. The molecule has 3 aliphatic rings. The summed E-state index contributed by atoms with van der Waals surface area (Å²) >= 11 is 0. The van der Waals surface area contributed by atoms with E-state index in [0.29, 0.717) is 43.8 Å². The molecule has 37 heavy (non-hydrogen) atoms. The second kappa shape index (κ2) is 9.00. The van der Waals surface area contributed by atoms with Gasteiger partial charge in [-0.2, -0.15) is 0 Å². The molecule has 1 aliphatic carbocycles. The van der Waals surface area contributed by atoms with Crippen LogP contribution < -0.4 is 4.90 Å². The summed E-state index contributed by atoms with van der Waals surface area (Å²) in [6, 6.07) is 3.93. The number of amides is 2. The van der Waals surface area contributed by atoms with Crippen molar-refractivity contribution in [1.29, 1.82) is 0 Å². The number of pyridine rings is 1. The topological polar surface area (TPSA) is 90.1 Å². The van der Waals surface area contributed by atoms with Crippen molar-refractivity contribution in [3.8, 4) is 0 Å². The molecule has 1 saturated carbocycles. The maximum absolute atomic E-state index is 13.8. The highest BCUT2D eigenvalue weighted by atomic mass is 16.3. The van der Waals surface area contributed by atoms with Gasteiger partial charge in [-0.05, 0) is 64.4 Å². The first-order chi connectivity index (χ1) is 17.2. The highest BCUT2D eigenvalue weighted by Gasteiger charge is 2.47. The fourth-order valence-corrected chi connectivity index (χ4v) is 6.24. The van der Waals surface area contributed by atoms with Crippen LogP contribution in [0.15, 0.2) is 16.5 Å². The van der Waals surface area contributed by atoms with Crippen molar-refractivity contribution < 1.29 is 19.1 Å². The molecule has 0 aromatic carbocycles. The van der Waals surface area contributed by atoms with Crippen LogP contribution in [0.2, 0.25) is 0 Å². The van der Waals surface area contributed by atoms with E-state index >= 15 is 0 Å². The monoisotopic (exact) mass is 510 g/mol. The van der Waals surface area contributed by atoms with E-state index in [1.165, 1.54) is 19.3 Å². The van der Waals surface area contributed by atoms with E-state index in [0.717, 1.165) is 30.0 Å². The van der Waals surface area contributed by atoms with Crippen LogP contribution in [0.4, 0.5) is 5.82 Å². The summed E-state index contributed by atoms with van der Waals surface area (Å²) in [6.07, 6.45) is 4.61. The van der Waals surface area contributed by atoms with E-state index in [1.807, 2.05) is 23.6 Å². The third-order valence-corrected chi connectivity index (χ3v) is 8.34. The molecule has 8 nitrogen and oxygen atoms in total. The number of carbonyl (C=O) groups excluding carboxylic acids is 2. The average Bonchev–Trinajstić information content (AvgIpc) is 3.24. The Bertz CT molecular complexity index is 1190. The fourth-order valence-electron chi connectivity index (χ4n) is 6.24. The Balaban J connectivity index is 1.39. The van der Waals surface area contributed by atoms with Crippen molar-refractivity contribution in [3.05, 3.63) is 23.5 Å². The molecule has 0 bridgehead atoms. The van der Waals surface area contributed by atoms with E-state index in [9.17, 15) is 14.7 Å². The number of fused-ring (bicyclic) bond motifs is 1. The minimum atomic E-state index is -0.733. The van der Waals surface area contributed by atoms with Gasteiger partial charge < -0.3 is 24.2 Å².